The summed E-state index contributed by atoms with van der Waals surface area (Å²) in [5.74, 6) is -0.212. The van der Waals surface area contributed by atoms with Gasteiger partial charge in [0.2, 0.25) is 5.91 Å². The molecule has 0 saturated carbocycles. The third-order valence-electron chi connectivity index (χ3n) is 12.7. The molecule has 7 atom stereocenters. The average molecular weight is 1020 g/mol. The number of nitrogens with one attached hydrogen (secondary N) is 1. The van der Waals surface area contributed by atoms with Crippen LogP contribution in [0.4, 0.5) is 0 Å². The van der Waals surface area contributed by atoms with E-state index in [2.05, 4.69) is 141 Å². The van der Waals surface area contributed by atoms with Gasteiger partial charge < -0.3 is 40.3 Å². The number of aliphatic hydroxyl groups excluding tert-OH is 5. The van der Waals surface area contributed by atoms with Gasteiger partial charge in [0.15, 0.2) is 6.29 Å². The van der Waals surface area contributed by atoms with E-state index in [9.17, 15) is 30.3 Å². The first-order valence-electron chi connectivity index (χ1n) is 28.9. The van der Waals surface area contributed by atoms with Gasteiger partial charge in [0.05, 0.1) is 25.4 Å². The third kappa shape index (κ3) is 41.3. The van der Waals surface area contributed by atoms with E-state index in [0.717, 1.165) is 128 Å². The maximum atomic E-state index is 13.1. The first-order chi connectivity index (χ1) is 35.8. The van der Waals surface area contributed by atoms with E-state index in [1.54, 1.807) is 6.08 Å². The van der Waals surface area contributed by atoms with Crippen molar-refractivity contribution in [3.8, 4) is 0 Å². The highest BCUT2D eigenvalue weighted by Crippen LogP contribution is 2.22. The maximum absolute atomic E-state index is 13.1. The van der Waals surface area contributed by atoms with Crippen molar-refractivity contribution in [2.45, 2.75) is 249 Å². The van der Waals surface area contributed by atoms with E-state index in [1.807, 2.05) is 6.08 Å². The van der Waals surface area contributed by atoms with Crippen molar-refractivity contribution in [2.24, 2.45) is 0 Å². The molecule has 1 fully saturated rings. The van der Waals surface area contributed by atoms with Gasteiger partial charge in [0.1, 0.15) is 24.4 Å². The summed E-state index contributed by atoms with van der Waals surface area (Å²) in [6.07, 6.45) is 72.2. The minimum absolute atomic E-state index is 0.212. The Kier molecular flexibility index (Phi) is 47.8. The topological polar surface area (TPSA) is 149 Å². The summed E-state index contributed by atoms with van der Waals surface area (Å²) < 4.78 is 11.2. The van der Waals surface area contributed by atoms with E-state index in [1.165, 1.54) is 57.8 Å². The summed E-state index contributed by atoms with van der Waals surface area (Å²) >= 11 is 0. The van der Waals surface area contributed by atoms with Crippen molar-refractivity contribution in [1.29, 1.82) is 0 Å². The van der Waals surface area contributed by atoms with E-state index < -0.39 is 49.5 Å². The van der Waals surface area contributed by atoms with Gasteiger partial charge in [-0.25, -0.2) is 0 Å². The Morgan fingerprint density at radius 1 is 0.479 bits per heavy atom. The zero-order valence-electron chi connectivity index (χ0n) is 45.8. The van der Waals surface area contributed by atoms with Gasteiger partial charge in [-0.3, -0.25) is 4.79 Å². The van der Waals surface area contributed by atoms with Crippen LogP contribution in [0, 0.1) is 0 Å². The molecule has 1 aliphatic heterocycles. The zero-order valence-corrected chi connectivity index (χ0v) is 45.8. The fraction of sp³-hybridized carbons (Fsp3) is 0.641. The van der Waals surface area contributed by atoms with Gasteiger partial charge in [-0.1, -0.05) is 225 Å². The van der Waals surface area contributed by atoms with Gasteiger partial charge in [-0.2, -0.15) is 0 Å². The summed E-state index contributed by atoms with van der Waals surface area (Å²) in [4.78, 5) is 13.1. The van der Waals surface area contributed by atoms with Crippen LogP contribution in [0.2, 0.25) is 0 Å². The van der Waals surface area contributed by atoms with Crippen LogP contribution in [0.25, 0.3) is 0 Å². The van der Waals surface area contributed by atoms with Crippen molar-refractivity contribution in [1.82, 2.24) is 5.32 Å². The number of ether oxygens (including phenoxy) is 2. The van der Waals surface area contributed by atoms with Gasteiger partial charge in [0, 0.05) is 6.42 Å². The Hall–Kier alpha value is -3.67. The highest BCUT2D eigenvalue weighted by Gasteiger charge is 2.44. The lowest BCUT2D eigenvalue weighted by molar-refractivity contribution is -0.302. The molecule has 0 aromatic carbocycles. The monoisotopic (exact) mass is 1020 g/mol. The zero-order chi connectivity index (χ0) is 52.9. The molecule has 1 amide bonds. The minimum Gasteiger partial charge on any atom is -0.394 e. The van der Waals surface area contributed by atoms with Crippen LogP contribution in [0.5, 0.6) is 0 Å². The quantitative estimate of drug-likeness (QED) is 0.0261. The summed E-state index contributed by atoms with van der Waals surface area (Å²) in [5.41, 5.74) is 0. The number of amides is 1. The lowest BCUT2D eigenvalue weighted by atomic mass is 9.99. The van der Waals surface area contributed by atoms with Crippen LogP contribution in [0.1, 0.15) is 206 Å². The molecule has 0 radical (unpaired) electrons. The molecule has 0 aromatic rings. The number of hydrogen-bond donors (Lipinski definition) is 6. The number of unbranched alkanes of at least 4 members (excludes halogenated alkanes) is 17. The first-order valence-corrected chi connectivity index (χ1v) is 28.9. The molecule has 414 valence electrons. The minimum atomic E-state index is -1.59. The number of aliphatic hydroxyl groups is 5. The largest absolute Gasteiger partial charge is 0.394 e. The number of hydrogen-bond acceptors (Lipinski definition) is 8. The van der Waals surface area contributed by atoms with Gasteiger partial charge >= 0.3 is 0 Å². The molecule has 73 heavy (non-hydrogen) atoms. The summed E-state index contributed by atoms with van der Waals surface area (Å²) in [5, 5.41) is 54.5. The van der Waals surface area contributed by atoms with Crippen molar-refractivity contribution < 1.29 is 39.8 Å². The molecular formula is C64H105NO8. The van der Waals surface area contributed by atoms with Crippen LogP contribution in [-0.4, -0.2) is 87.5 Å². The second-order valence-corrected chi connectivity index (χ2v) is 19.3. The lowest BCUT2D eigenvalue weighted by Gasteiger charge is -2.40. The van der Waals surface area contributed by atoms with Crippen LogP contribution in [0.15, 0.2) is 134 Å². The van der Waals surface area contributed by atoms with Crippen LogP contribution < -0.4 is 5.32 Å². The SMILES string of the molecule is CC/C=C\C/C=C\C/C=C\C/C=C\C/C=C\C/C=C\C/C=C\C/C=C\CCCCCCCCC(=O)NC(COC1OC(CO)C(O)C(O)C1O)C(O)/C=C/CC/C=C/CC/C=C/CCCCCCCCCCC. The van der Waals surface area contributed by atoms with Crippen molar-refractivity contribution >= 4 is 5.91 Å². The number of carbonyl (C=O) groups is 1. The molecule has 0 spiro atoms. The maximum Gasteiger partial charge on any atom is 0.220 e. The molecule has 1 heterocycles. The van der Waals surface area contributed by atoms with Gasteiger partial charge in [-0.05, 0) is 109 Å². The van der Waals surface area contributed by atoms with E-state index in [4.69, 9.17) is 9.47 Å². The second-order valence-electron chi connectivity index (χ2n) is 19.3. The second kappa shape index (κ2) is 51.8. The predicted octanol–water partition coefficient (Wildman–Crippen LogP) is 14.5. The molecule has 6 N–H and O–H groups in total. The van der Waals surface area contributed by atoms with E-state index >= 15 is 0 Å². The highest BCUT2D eigenvalue weighted by molar-refractivity contribution is 5.76. The first kappa shape index (κ1) is 67.3. The predicted molar refractivity (Wildman–Crippen MR) is 308 cm³/mol. The molecule has 0 bridgehead atoms. The molecule has 9 nitrogen and oxygen atoms in total. The normalized spacial score (nSPS) is 20.1. The smallest absolute Gasteiger partial charge is 0.220 e. The Labute approximate surface area is 445 Å². The number of allylic oxidation sites excluding steroid dienone is 21. The van der Waals surface area contributed by atoms with Gasteiger partial charge in [0.25, 0.3) is 0 Å². The van der Waals surface area contributed by atoms with E-state index in [-0.39, 0.29) is 12.5 Å². The summed E-state index contributed by atoms with van der Waals surface area (Å²) in [6.45, 7) is 3.62. The Morgan fingerprint density at radius 3 is 1.32 bits per heavy atom. The van der Waals surface area contributed by atoms with Crippen molar-refractivity contribution in [3.05, 3.63) is 134 Å². The molecule has 0 aliphatic carbocycles. The van der Waals surface area contributed by atoms with Crippen molar-refractivity contribution in [3.63, 3.8) is 0 Å². The van der Waals surface area contributed by atoms with Gasteiger partial charge in [-0.15, -0.1) is 0 Å². The third-order valence-corrected chi connectivity index (χ3v) is 12.7. The average Bonchev–Trinajstić information content (AvgIpc) is 3.39. The molecule has 1 rings (SSSR count). The molecule has 0 aromatic heterocycles. The van der Waals surface area contributed by atoms with Crippen LogP contribution >= 0.6 is 0 Å². The molecule has 9 heteroatoms. The Bertz CT molecular complexity index is 1600. The molecule has 1 aliphatic rings. The molecule has 1 saturated heterocycles. The Balaban J connectivity index is 2.29. The molecular weight excluding hydrogens is 911 g/mol. The highest BCUT2D eigenvalue weighted by atomic mass is 16.7. The lowest BCUT2D eigenvalue weighted by Crippen LogP contribution is -2.60. The van der Waals surface area contributed by atoms with E-state index in [0.29, 0.717) is 6.42 Å². The van der Waals surface area contributed by atoms with Crippen LogP contribution in [-0.2, 0) is 14.3 Å². The number of carbonyl (C=O) groups excluding carboxylic acids is 1. The summed E-state index contributed by atoms with van der Waals surface area (Å²) in [7, 11) is 0. The fourth-order valence-corrected chi connectivity index (χ4v) is 8.14. The summed E-state index contributed by atoms with van der Waals surface area (Å²) in [6, 6.07) is -0.847. The number of rotatable bonds is 47. The van der Waals surface area contributed by atoms with Crippen molar-refractivity contribution in [2.75, 3.05) is 13.2 Å². The standard InChI is InChI=1S/C64H105NO8/c1-3-5-7-9-11-13-15-17-19-21-23-24-25-26-27-28-29-30-31-32-33-34-36-38-40-42-44-46-48-50-52-54-60(68)65-57(56-72-64-63(71)62(70)61(69)59(55-66)73-64)58(67)53-51-49-47-45-43-41-39-37-35-22-20-18-16-14-12-10-8-6-4-2/h5,7,11,13,17,19,23-24,26-27,29-30,32-33,35-38,43,45,51,53,57-59,61-64,66-67,69-71H,3-4,6,8-10,12,14-16,18,20-22,25,28,31,34,39-42,44,46-50,52,54-56H2,1-2H3,(H,65,68)/b7-5-,13-11-,19-17-,24-23-,27-26-,30-29-,33-32-,37-35+,38-36-,45-43+,53-51+. The Morgan fingerprint density at radius 2 is 0.863 bits per heavy atom. The molecule has 7 unspecified atom stereocenters. The fourth-order valence-electron chi connectivity index (χ4n) is 8.14. The van der Waals surface area contributed by atoms with Crippen LogP contribution in [0.3, 0.4) is 0 Å².